The lowest BCUT2D eigenvalue weighted by Gasteiger charge is -2.10. The summed E-state index contributed by atoms with van der Waals surface area (Å²) in [5, 5.41) is 3.21. The lowest BCUT2D eigenvalue weighted by atomic mass is 10.2. The molecule has 4 heteroatoms. The predicted octanol–water partition coefficient (Wildman–Crippen LogP) is 2.07. The van der Waals surface area contributed by atoms with E-state index >= 15 is 0 Å². The molecule has 13 heavy (non-hydrogen) atoms. The summed E-state index contributed by atoms with van der Waals surface area (Å²) in [6.45, 7) is 4.86. The Kier molecular flexibility index (Phi) is 3.96. The molecular weight excluding hydrogens is 186 g/mol. The van der Waals surface area contributed by atoms with Crippen molar-refractivity contribution < 1.29 is 0 Å². The van der Waals surface area contributed by atoms with Crippen LogP contribution < -0.4 is 5.32 Å². The Labute approximate surface area is 83.5 Å². The Hall–Kier alpha value is -0.830. The Bertz CT molecular complexity index is 265. The molecule has 0 saturated heterocycles. The van der Waals surface area contributed by atoms with Crippen LogP contribution in [0.1, 0.15) is 12.6 Å². The van der Waals surface area contributed by atoms with Crippen LogP contribution in [0.3, 0.4) is 0 Å². The van der Waals surface area contributed by atoms with Gasteiger partial charge in [-0.1, -0.05) is 6.92 Å². The van der Waals surface area contributed by atoms with Crippen LogP contribution in [0.4, 0.5) is 5.82 Å². The van der Waals surface area contributed by atoms with Crippen molar-refractivity contribution in [2.24, 2.45) is 5.92 Å². The molecule has 0 saturated carbocycles. The maximum atomic E-state index is 5.68. The monoisotopic (exact) mass is 199 g/mol. The fourth-order valence-electron chi connectivity index (χ4n) is 0.907. The smallest absolute Gasteiger partial charge is 0.147 e. The number of nitrogens with one attached hydrogen (secondary N) is 1. The van der Waals surface area contributed by atoms with Gasteiger partial charge in [-0.05, 0) is 12.8 Å². The van der Waals surface area contributed by atoms with Gasteiger partial charge in [-0.25, -0.2) is 4.98 Å². The highest BCUT2D eigenvalue weighted by Crippen LogP contribution is 2.07. The van der Waals surface area contributed by atoms with Crippen LogP contribution in [0.2, 0.25) is 0 Å². The number of hydrogen-bond donors (Lipinski definition) is 1. The predicted molar refractivity (Wildman–Crippen MR) is 55.1 cm³/mol. The first-order valence-electron chi connectivity index (χ1n) is 4.31. The topological polar surface area (TPSA) is 37.8 Å². The molecular formula is C9H14ClN3. The Morgan fingerprint density at radius 1 is 1.46 bits per heavy atom. The molecule has 72 valence electrons. The lowest BCUT2D eigenvalue weighted by Crippen LogP contribution is -2.14. The molecule has 1 N–H and O–H groups in total. The summed E-state index contributed by atoms with van der Waals surface area (Å²) in [7, 11) is 0. The van der Waals surface area contributed by atoms with Crippen molar-refractivity contribution in [3.05, 3.63) is 18.1 Å². The average molecular weight is 200 g/mol. The Balaban J connectivity index is 2.50. The molecule has 0 bridgehead atoms. The molecule has 0 aliphatic rings. The van der Waals surface area contributed by atoms with Gasteiger partial charge in [0.2, 0.25) is 0 Å². The van der Waals surface area contributed by atoms with E-state index in [-0.39, 0.29) is 0 Å². The molecule has 1 aromatic heterocycles. The zero-order valence-corrected chi connectivity index (χ0v) is 8.67. The van der Waals surface area contributed by atoms with E-state index in [0.29, 0.717) is 11.8 Å². The van der Waals surface area contributed by atoms with Gasteiger partial charge < -0.3 is 5.32 Å². The molecule has 1 atom stereocenters. The first-order valence-corrected chi connectivity index (χ1v) is 4.85. The summed E-state index contributed by atoms with van der Waals surface area (Å²) in [6, 6.07) is 0. The fourth-order valence-corrected chi connectivity index (χ4v) is 1.02. The fraction of sp³-hybridized carbons (Fsp3) is 0.556. The second kappa shape index (κ2) is 5.02. The van der Waals surface area contributed by atoms with E-state index in [1.54, 1.807) is 12.4 Å². The molecule has 1 unspecified atom stereocenters. The molecule has 0 spiro atoms. The highest BCUT2D eigenvalue weighted by molar-refractivity contribution is 6.18. The van der Waals surface area contributed by atoms with Crippen LogP contribution in [0.15, 0.2) is 12.4 Å². The van der Waals surface area contributed by atoms with Crippen molar-refractivity contribution in [1.82, 2.24) is 9.97 Å². The number of rotatable bonds is 4. The number of hydrogen-bond acceptors (Lipinski definition) is 3. The van der Waals surface area contributed by atoms with E-state index in [4.69, 9.17) is 11.6 Å². The summed E-state index contributed by atoms with van der Waals surface area (Å²) in [5.74, 6) is 1.95. The molecule has 0 fully saturated rings. The summed E-state index contributed by atoms with van der Waals surface area (Å²) in [5.41, 5.74) is 0.921. The standard InChI is InChI=1S/C9H14ClN3/c1-7(5-10)6-13-9-8(2)11-3-4-12-9/h3-4,7H,5-6H2,1-2H3,(H,12,13). The molecule has 1 rings (SSSR count). The summed E-state index contributed by atoms with van der Waals surface area (Å²) >= 11 is 5.68. The number of alkyl halides is 1. The van der Waals surface area contributed by atoms with Crippen LogP contribution in [0.25, 0.3) is 0 Å². The van der Waals surface area contributed by atoms with Gasteiger partial charge in [0.05, 0.1) is 5.69 Å². The van der Waals surface area contributed by atoms with Crippen LogP contribution in [-0.2, 0) is 0 Å². The average Bonchev–Trinajstić information content (AvgIpc) is 2.16. The van der Waals surface area contributed by atoms with Crippen molar-refractivity contribution in [3.8, 4) is 0 Å². The van der Waals surface area contributed by atoms with E-state index in [0.717, 1.165) is 18.1 Å². The van der Waals surface area contributed by atoms with Crippen molar-refractivity contribution in [1.29, 1.82) is 0 Å². The molecule has 1 aromatic rings. The quantitative estimate of drug-likeness (QED) is 0.755. The van der Waals surface area contributed by atoms with Gasteiger partial charge in [0.25, 0.3) is 0 Å². The van der Waals surface area contributed by atoms with Crippen molar-refractivity contribution in [2.75, 3.05) is 17.7 Å². The summed E-state index contributed by atoms with van der Waals surface area (Å²) in [6.07, 6.45) is 3.37. The zero-order chi connectivity index (χ0) is 9.68. The highest BCUT2D eigenvalue weighted by atomic mass is 35.5. The molecule has 1 heterocycles. The minimum absolute atomic E-state index is 0.447. The third-order valence-corrected chi connectivity index (χ3v) is 2.29. The maximum Gasteiger partial charge on any atom is 0.147 e. The highest BCUT2D eigenvalue weighted by Gasteiger charge is 2.02. The van der Waals surface area contributed by atoms with E-state index in [9.17, 15) is 0 Å². The van der Waals surface area contributed by atoms with Crippen molar-refractivity contribution in [3.63, 3.8) is 0 Å². The van der Waals surface area contributed by atoms with Gasteiger partial charge in [0.15, 0.2) is 0 Å². The SMILES string of the molecule is Cc1nccnc1NCC(C)CCl. The van der Waals surface area contributed by atoms with Gasteiger partial charge in [-0.3, -0.25) is 4.98 Å². The first-order chi connectivity index (χ1) is 6.24. The Morgan fingerprint density at radius 2 is 2.15 bits per heavy atom. The number of aromatic nitrogens is 2. The summed E-state index contributed by atoms with van der Waals surface area (Å²) < 4.78 is 0. The summed E-state index contributed by atoms with van der Waals surface area (Å²) in [4.78, 5) is 8.29. The molecule has 0 aromatic carbocycles. The molecule has 0 amide bonds. The third-order valence-electron chi connectivity index (χ3n) is 1.76. The molecule has 0 aliphatic carbocycles. The van der Waals surface area contributed by atoms with Gasteiger partial charge in [0, 0.05) is 24.8 Å². The minimum atomic E-state index is 0.447. The number of aryl methyl sites for hydroxylation is 1. The lowest BCUT2D eigenvalue weighted by molar-refractivity contribution is 0.693. The second-order valence-corrected chi connectivity index (χ2v) is 3.44. The number of nitrogens with zero attached hydrogens (tertiary/aromatic N) is 2. The maximum absolute atomic E-state index is 5.68. The zero-order valence-electron chi connectivity index (χ0n) is 7.92. The van der Waals surface area contributed by atoms with Gasteiger partial charge in [-0.2, -0.15) is 0 Å². The van der Waals surface area contributed by atoms with Crippen LogP contribution in [0, 0.1) is 12.8 Å². The normalized spacial score (nSPS) is 12.5. The minimum Gasteiger partial charge on any atom is -0.368 e. The second-order valence-electron chi connectivity index (χ2n) is 3.13. The van der Waals surface area contributed by atoms with E-state index in [2.05, 4.69) is 22.2 Å². The van der Waals surface area contributed by atoms with Crippen molar-refractivity contribution >= 4 is 17.4 Å². The van der Waals surface area contributed by atoms with Gasteiger partial charge in [0.1, 0.15) is 5.82 Å². The van der Waals surface area contributed by atoms with E-state index < -0.39 is 0 Å². The van der Waals surface area contributed by atoms with Gasteiger partial charge >= 0.3 is 0 Å². The first kappa shape index (κ1) is 10.3. The van der Waals surface area contributed by atoms with E-state index in [1.807, 2.05) is 6.92 Å². The molecule has 0 aliphatic heterocycles. The van der Waals surface area contributed by atoms with Crippen molar-refractivity contribution in [2.45, 2.75) is 13.8 Å². The molecule has 3 nitrogen and oxygen atoms in total. The molecule has 0 radical (unpaired) electrons. The Morgan fingerprint density at radius 3 is 2.77 bits per heavy atom. The largest absolute Gasteiger partial charge is 0.368 e. The van der Waals surface area contributed by atoms with E-state index in [1.165, 1.54) is 0 Å². The number of anilines is 1. The van der Waals surface area contributed by atoms with Gasteiger partial charge in [-0.15, -0.1) is 11.6 Å². The van der Waals surface area contributed by atoms with Crippen LogP contribution in [-0.4, -0.2) is 22.4 Å². The van der Waals surface area contributed by atoms with Crippen LogP contribution in [0.5, 0.6) is 0 Å². The third kappa shape index (κ3) is 3.19. The number of halogens is 1. The van der Waals surface area contributed by atoms with Crippen LogP contribution >= 0.6 is 11.6 Å².